The first-order chi connectivity index (χ1) is 8.16. The fourth-order valence-corrected chi connectivity index (χ4v) is 1.52. The van der Waals surface area contributed by atoms with Crippen LogP contribution in [0.2, 0.25) is 0 Å². The Kier molecular flexibility index (Phi) is 3.37. The molecule has 0 aromatic heterocycles. The molecule has 2 nitrogen and oxygen atoms in total. The standard InChI is InChI=1S/C12H10F3NO/c13-10-5-4-9(8-11(10)17-12(14)15)16-6-2-1-3-7-16/h1-6,8,12H,7H2. The molecule has 1 aromatic rings. The lowest BCUT2D eigenvalue weighted by atomic mass is 10.2. The highest BCUT2D eigenvalue weighted by molar-refractivity contribution is 5.55. The van der Waals surface area contributed by atoms with E-state index in [-0.39, 0.29) is 0 Å². The highest BCUT2D eigenvalue weighted by Crippen LogP contribution is 2.26. The Morgan fingerprint density at radius 1 is 1.24 bits per heavy atom. The Morgan fingerprint density at radius 3 is 2.71 bits per heavy atom. The van der Waals surface area contributed by atoms with E-state index < -0.39 is 18.2 Å². The fraction of sp³-hybridized carbons (Fsp3) is 0.167. The molecular weight excluding hydrogens is 231 g/mol. The van der Waals surface area contributed by atoms with E-state index in [4.69, 9.17) is 0 Å². The molecule has 0 atom stereocenters. The third-order valence-corrected chi connectivity index (χ3v) is 2.28. The van der Waals surface area contributed by atoms with Crippen LogP contribution in [-0.4, -0.2) is 13.2 Å². The molecule has 0 saturated carbocycles. The molecule has 1 aliphatic heterocycles. The molecule has 1 aliphatic rings. The number of benzene rings is 1. The second kappa shape index (κ2) is 4.95. The second-order valence-corrected chi connectivity index (χ2v) is 3.42. The summed E-state index contributed by atoms with van der Waals surface area (Å²) in [5.41, 5.74) is 0.600. The highest BCUT2D eigenvalue weighted by Gasteiger charge is 2.12. The van der Waals surface area contributed by atoms with E-state index in [0.29, 0.717) is 12.2 Å². The van der Waals surface area contributed by atoms with Crippen LogP contribution in [0.3, 0.4) is 0 Å². The first kappa shape index (κ1) is 11.6. The molecule has 17 heavy (non-hydrogen) atoms. The number of halogens is 3. The van der Waals surface area contributed by atoms with Gasteiger partial charge in [0.1, 0.15) is 0 Å². The number of ether oxygens (including phenoxy) is 1. The van der Waals surface area contributed by atoms with Crippen molar-refractivity contribution in [2.24, 2.45) is 0 Å². The van der Waals surface area contributed by atoms with Gasteiger partial charge >= 0.3 is 6.61 Å². The van der Waals surface area contributed by atoms with E-state index in [1.165, 1.54) is 12.1 Å². The SMILES string of the molecule is Fc1ccc(N2C=CC=CC2)cc1OC(F)F. The molecule has 0 radical (unpaired) electrons. The minimum atomic E-state index is -3.03. The van der Waals surface area contributed by atoms with Gasteiger partial charge in [-0.3, -0.25) is 0 Å². The number of nitrogens with zero attached hydrogens (tertiary/aromatic N) is 1. The summed E-state index contributed by atoms with van der Waals surface area (Å²) in [4.78, 5) is 1.79. The van der Waals surface area contributed by atoms with Crippen molar-refractivity contribution in [3.05, 3.63) is 48.4 Å². The molecule has 1 aromatic carbocycles. The molecule has 0 saturated heterocycles. The van der Waals surface area contributed by atoms with Crippen LogP contribution in [0, 0.1) is 5.82 Å². The zero-order valence-corrected chi connectivity index (χ0v) is 8.82. The molecular formula is C12H10F3NO. The maximum Gasteiger partial charge on any atom is 0.387 e. The quantitative estimate of drug-likeness (QED) is 0.804. The first-order valence-corrected chi connectivity index (χ1v) is 5.01. The molecule has 5 heteroatoms. The predicted octanol–water partition coefficient (Wildman–Crippen LogP) is 3.32. The Hall–Kier alpha value is -1.91. The largest absolute Gasteiger partial charge is 0.432 e. The minimum absolute atomic E-state index is 0.444. The Morgan fingerprint density at radius 2 is 2.06 bits per heavy atom. The molecule has 90 valence electrons. The smallest absolute Gasteiger partial charge is 0.387 e. The Labute approximate surface area is 96.6 Å². The van der Waals surface area contributed by atoms with Gasteiger partial charge in [0.25, 0.3) is 0 Å². The van der Waals surface area contributed by atoms with Crippen LogP contribution in [-0.2, 0) is 0 Å². The van der Waals surface area contributed by atoms with Crippen molar-refractivity contribution in [2.45, 2.75) is 6.61 Å². The van der Waals surface area contributed by atoms with Crippen molar-refractivity contribution >= 4 is 5.69 Å². The third kappa shape index (κ3) is 2.81. The summed E-state index contributed by atoms with van der Waals surface area (Å²) in [5, 5.41) is 0. The highest BCUT2D eigenvalue weighted by atomic mass is 19.3. The summed E-state index contributed by atoms with van der Waals surface area (Å²) in [6, 6.07) is 3.88. The van der Waals surface area contributed by atoms with Crippen molar-refractivity contribution < 1.29 is 17.9 Å². The average molecular weight is 241 g/mol. The van der Waals surface area contributed by atoms with Gasteiger partial charge in [0.15, 0.2) is 11.6 Å². The van der Waals surface area contributed by atoms with Gasteiger partial charge in [0.2, 0.25) is 0 Å². The molecule has 0 unspecified atom stereocenters. The van der Waals surface area contributed by atoms with Gasteiger partial charge in [-0.05, 0) is 18.2 Å². The number of allylic oxidation sites excluding steroid dienone is 2. The van der Waals surface area contributed by atoms with Crippen molar-refractivity contribution in [1.82, 2.24) is 0 Å². The maximum absolute atomic E-state index is 13.2. The molecule has 2 rings (SSSR count). The number of hydrogen-bond acceptors (Lipinski definition) is 2. The van der Waals surface area contributed by atoms with Gasteiger partial charge < -0.3 is 9.64 Å². The van der Waals surface area contributed by atoms with Crippen molar-refractivity contribution in [3.63, 3.8) is 0 Å². The van der Waals surface area contributed by atoms with E-state index in [9.17, 15) is 13.2 Å². The van der Waals surface area contributed by atoms with Crippen LogP contribution in [0.15, 0.2) is 42.6 Å². The number of anilines is 1. The van der Waals surface area contributed by atoms with Crippen LogP contribution in [0.4, 0.5) is 18.9 Å². The predicted molar refractivity (Wildman–Crippen MR) is 58.7 cm³/mol. The summed E-state index contributed by atoms with van der Waals surface area (Å²) in [6.07, 6.45) is 7.35. The van der Waals surface area contributed by atoms with E-state index >= 15 is 0 Å². The van der Waals surface area contributed by atoms with E-state index in [0.717, 1.165) is 6.07 Å². The summed E-state index contributed by atoms with van der Waals surface area (Å²) < 4.78 is 41.4. The van der Waals surface area contributed by atoms with Crippen molar-refractivity contribution in [3.8, 4) is 5.75 Å². The average Bonchev–Trinajstić information content (AvgIpc) is 2.32. The summed E-state index contributed by atoms with van der Waals surface area (Å²) in [5.74, 6) is -1.24. The summed E-state index contributed by atoms with van der Waals surface area (Å²) in [7, 11) is 0. The topological polar surface area (TPSA) is 12.5 Å². The van der Waals surface area contributed by atoms with Gasteiger partial charge in [-0.2, -0.15) is 8.78 Å². The lowest BCUT2D eigenvalue weighted by molar-refractivity contribution is -0.0521. The Balaban J connectivity index is 2.24. The van der Waals surface area contributed by atoms with Crippen LogP contribution in [0.1, 0.15) is 0 Å². The van der Waals surface area contributed by atoms with Gasteiger partial charge in [-0.15, -0.1) is 0 Å². The number of alkyl halides is 2. The van der Waals surface area contributed by atoms with Gasteiger partial charge in [-0.25, -0.2) is 4.39 Å². The lowest BCUT2D eigenvalue weighted by Gasteiger charge is -2.21. The van der Waals surface area contributed by atoms with E-state index in [2.05, 4.69) is 4.74 Å². The molecule has 1 heterocycles. The van der Waals surface area contributed by atoms with Crippen LogP contribution >= 0.6 is 0 Å². The fourth-order valence-electron chi connectivity index (χ4n) is 1.52. The lowest BCUT2D eigenvalue weighted by Crippen LogP contribution is -2.17. The second-order valence-electron chi connectivity index (χ2n) is 3.42. The van der Waals surface area contributed by atoms with E-state index in [1.54, 1.807) is 17.2 Å². The summed E-state index contributed by atoms with van der Waals surface area (Å²) >= 11 is 0. The molecule has 0 bridgehead atoms. The minimum Gasteiger partial charge on any atom is -0.432 e. The zero-order chi connectivity index (χ0) is 12.3. The van der Waals surface area contributed by atoms with Crippen LogP contribution < -0.4 is 9.64 Å². The van der Waals surface area contributed by atoms with Gasteiger partial charge in [-0.1, -0.05) is 12.2 Å². The molecule has 0 spiro atoms. The maximum atomic E-state index is 13.2. The van der Waals surface area contributed by atoms with Gasteiger partial charge in [0, 0.05) is 24.5 Å². The zero-order valence-electron chi connectivity index (χ0n) is 8.82. The molecule has 0 fully saturated rings. The van der Waals surface area contributed by atoms with Crippen LogP contribution in [0.5, 0.6) is 5.75 Å². The Bertz CT molecular complexity index is 457. The van der Waals surface area contributed by atoms with Crippen LogP contribution in [0.25, 0.3) is 0 Å². The van der Waals surface area contributed by atoms with Crippen molar-refractivity contribution in [1.29, 1.82) is 0 Å². The number of rotatable bonds is 3. The van der Waals surface area contributed by atoms with Crippen molar-refractivity contribution in [2.75, 3.05) is 11.4 Å². The first-order valence-electron chi connectivity index (χ1n) is 5.01. The van der Waals surface area contributed by atoms with Gasteiger partial charge in [0.05, 0.1) is 0 Å². The summed E-state index contributed by atoms with van der Waals surface area (Å²) in [6.45, 7) is -2.42. The van der Waals surface area contributed by atoms with E-state index in [1.807, 2.05) is 12.2 Å². The molecule has 0 amide bonds. The normalized spacial score (nSPS) is 14.5. The number of hydrogen-bond donors (Lipinski definition) is 0. The third-order valence-electron chi connectivity index (χ3n) is 2.28. The molecule has 0 aliphatic carbocycles. The molecule has 0 N–H and O–H groups in total. The monoisotopic (exact) mass is 241 g/mol.